The van der Waals surface area contributed by atoms with Crippen molar-refractivity contribution in [2.75, 3.05) is 19.7 Å². The van der Waals surface area contributed by atoms with Gasteiger partial charge < -0.3 is 4.74 Å². The van der Waals surface area contributed by atoms with Gasteiger partial charge in [0.2, 0.25) is 0 Å². The van der Waals surface area contributed by atoms with Crippen LogP contribution in [0.15, 0.2) is 24.3 Å². The van der Waals surface area contributed by atoms with Crippen molar-refractivity contribution in [2.24, 2.45) is 0 Å². The van der Waals surface area contributed by atoms with E-state index >= 15 is 0 Å². The van der Waals surface area contributed by atoms with Crippen molar-refractivity contribution in [2.45, 2.75) is 64.8 Å². The highest BCUT2D eigenvalue weighted by atomic mass is 16.5. The summed E-state index contributed by atoms with van der Waals surface area (Å²) >= 11 is 0. The van der Waals surface area contributed by atoms with Crippen LogP contribution in [-0.4, -0.2) is 30.6 Å². The second-order valence-corrected chi connectivity index (χ2v) is 7.22. The molecule has 1 aromatic rings. The van der Waals surface area contributed by atoms with Crippen molar-refractivity contribution in [3.63, 3.8) is 0 Å². The zero-order valence-corrected chi connectivity index (χ0v) is 14.2. The van der Waals surface area contributed by atoms with Crippen LogP contribution in [0.5, 0.6) is 5.75 Å². The molecule has 118 valence electrons. The van der Waals surface area contributed by atoms with E-state index in [2.05, 4.69) is 56.9 Å². The molecule has 0 aromatic heterocycles. The maximum Gasteiger partial charge on any atom is 0.119 e. The normalized spacial score (nSPS) is 20.5. The van der Waals surface area contributed by atoms with Crippen molar-refractivity contribution in [1.82, 2.24) is 4.90 Å². The number of hydrogen-bond acceptors (Lipinski definition) is 2. The maximum atomic E-state index is 5.93. The average molecular weight is 289 g/mol. The molecule has 1 aromatic carbocycles. The molecule has 0 bridgehead atoms. The van der Waals surface area contributed by atoms with Crippen molar-refractivity contribution in [3.05, 3.63) is 29.8 Å². The lowest BCUT2D eigenvalue weighted by Gasteiger charge is -2.35. The Morgan fingerprint density at radius 3 is 2.48 bits per heavy atom. The van der Waals surface area contributed by atoms with Gasteiger partial charge in [-0.15, -0.1) is 0 Å². The number of rotatable bonds is 5. The van der Waals surface area contributed by atoms with E-state index in [0.29, 0.717) is 0 Å². The van der Waals surface area contributed by atoms with Gasteiger partial charge in [0.15, 0.2) is 0 Å². The Balaban J connectivity index is 1.80. The molecule has 0 aliphatic carbocycles. The monoisotopic (exact) mass is 289 g/mol. The molecular formula is C19H31NO. The van der Waals surface area contributed by atoms with Crippen LogP contribution in [0.4, 0.5) is 0 Å². The summed E-state index contributed by atoms with van der Waals surface area (Å²) in [4.78, 5) is 2.60. The second-order valence-electron chi connectivity index (χ2n) is 7.22. The maximum absolute atomic E-state index is 5.93. The van der Waals surface area contributed by atoms with Gasteiger partial charge in [-0.05, 0) is 48.9 Å². The molecule has 1 fully saturated rings. The molecule has 1 aliphatic heterocycles. The minimum atomic E-state index is 0.209. The first kappa shape index (κ1) is 16.4. The smallest absolute Gasteiger partial charge is 0.119 e. The predicted octanol–water partition coefficient (Wildman–Crippen LogP) is 4.63. The van der Waals surface area contributed by atoms with Crippen LogP contribution < -0.4 is 4.74 Å². The fraction of sp³-hybridized carbons (Fsp3) is 0.684. The van der Waals surface area contributed by atoms with E-state index < -0.39 is 0 Å². The standard InChI is InChI=1S/C19H31NO/c1-5-17-8-6-7-13-20(17)14-15-21-18-11-9-16(10-12-18)19(2,3)4/h9-12,17H,5-8,13-15H2,1-4H3. The number of nitrogens with zero attached hydrogens (tertiary/aromatic N) is 1. The van der Waals surface area contributed by atoms with Crippen LogP contribution in [0.1, 0.15) is 58.9 Å². The predicted molar refractivity (Wildman–Crippen MR) is 90.1 cm³/mol. The summed E-state index contributed by atoms with van der Waals surface area (Å²) in [5, 5.41) is 0. The molecule has 1 saturated heterocycles. The Kier molecular flexibility index (Phi) is 5.69. The topological polar surface area (TPSA) is 12.5 Å². The van der Waals surface area contributed by atoms with Crippen molar-refractivity contribution >= 4 is 0 Å². The first-order valence-electron chi connectivity index (χ1n) is 8.48. The van der Waals surface area contributed by atoms with Crippen molar-refractivity contribution < 1.29 is 4.74 Å². The zero-order valence-electron chi connectivity index (χ0n) is 14.2. The summed E-state index contributed by atoms with van der Waals surface area (Å²) in [7, 11) is 0. The van der Waals surface area contributed by atoms with E-state index in [1.54, 1.807) is 0 Å². The summed E-state index contributed by atoms with van der Waals surface area (Å²) < 4.78 is 5.93. The Morgan fingerprint density at radius 2 is 1.86 bits per heavy atom. The minimum absolute atomic E-state index is 0.209. The minimum Gasteiger partial charge on any atom is -0.492 e. The molecule has 0 radical (unpaired) electrons. The number of likely N-dealkylation sites (tertiary alicyclic amines) is 1. The van der Waals surface area contributed by atoms with Gasteiger partial charge in [-0.2, -0.15) is 0 Å². The third-order valence-electron chi connectivity index (χ3n) is 4.59. The number of piperidine rings is 1. The fourth-order valence-electron chi connectivity index (χ4n) is 3.15. The van der Waals surface area contributed by atoms with E-state index in [9.17, 15) is 0 Å². The van der Waals surface area contributed by atoms with Crippen LogP contribution in [0.25, 0.3) is 0 Å². The van der Waals surface area contributed by atoms with Gasteiger partial charge in [0.05, 0.1) is 0 Å². The van der Waals surface area contributed by atoms with Gasteiger partial charge in [-0.25, -0.2) is 0 Å². The molecule has 1 heterocycles. The second kappa shape index (κ2) is 7.31. The van der Waals surface area contributed by atoms with Crippen LogP contribution in [0.2, 0.25) is 0 Å². The van der Waals surface area contributed by atoms with Crippen LogP contribution >= 0.6 is 0 Å². The van der Waals surface area contributed by atoms with Crippen LogP contribution in [-0.2, 0) is 5.41 Å². The Labute approximate surface area is 130 Å². The van der Waals surface area contributed by atoms with E-state index in [1.807, 2.05) is 0 Å². The first-order valence-corrected chi connectivity index (χ1v) is 8.48. The summed E-state index contributed by atoms with van der Waals surface area (Å²) in [6.45, 7) is 12.1. The fourth-order valence-corrected chi connectivity index (χ4v) is 3.15. The largest absolute Gasteiger partial charge is 0.492 e. The molecule has 21 heavy (non-hydrogen) atoms. The molecular weight excluding hydrogens is 258 g/mol. The lowest BCUT2D eigenvalue weighted by Crippen LogP contribution is -2.41. The average Bonchev–Trinajstić information content (AvgIpc) is 2.47. The molecule has 1 atom stereocenters. The number of benzene rings is 1. The molecule has 2 heteroatoms. The van der Waals surface area contributed by atoms with Crippen LogP contribution in [0.3, 0.4) is 0 Å². The summed E-state index contributed by atoms with van der Waals surface area (Å²) in [5.74, 6) is 0.994. The van der Waals surface area contributed by atoms with Crippen molar-refractivity contribution in [3.8, 4) is 5.75 Å². The van der Waals surface area contributed by atoms with Crippen molar-refractivity contribution in [1.29, 1.82) is 0 Å². The number of hydrogen-bond donors (Lipinski definition) is 0. The van der Waals surface area contributed by atoms with E-state index in [0.717, 1.165) is 24.9 Å². The van der Waals surface area contributed by atoms with Gasteiger partial charge in [-0.1, -0.05) is 46.2 Å². The van der Waals surface area contributed by atoms with Gasteiger partial charge in [-0.3, -0.25) is 4.90 Å². The number of ether oxygens (including phenoxy) is 1. The molecule has 0 saturated carbocycles. The lowest BCUT2D eigenvalue weighted by molar-refractivity contribution is 0.120. The molecule has 1 unspecified atom stereocenters. The summed E-state index contributed by atoms with van der Waals surface area (Å²) in [5.41, 5.74) is 1.57. The van der Waals surface area contributed by atoms with Gasteiger partial charge in [0, 0.05) is 12.6 Å². The molecule has 0 amide bonds. The van der Waals surface area contributed by atoms with Gasteiger partial charge in [0.25, 0.3) is 0 Å². The highest BCUT2D eigenvalue weighted by Crippen LogP contribution is 2.24. The first-order chi connectivity index (χ1) is 10.0. The molecule has 2 rings (SSSR count). The Bertz CT molecular complexity index is 418. The lowest BCUT2D eigenvalue weighted by atomic mass is 9.87. The van der Waals surface area contributed by atoms with E-state index in [1.165, 1.54) is 37.8 Å². The molecule has 1 aliphatic rings. The third-order valence-corrected chi connectivity index (χ3v) is 4.59. The summed E-state index contributed by atoms with van der Waals surface area (Å²) in [6.07, 6.45) is 5.36. The highest BCUT2D eigenvalue weighted by Gasteiger charge is 2.20. The van der Waals surface area contributed by atoms with Crippen LogP contribution in [0, 0.1) is 0 Å². The third kappa shape index (κ3) is 4.74. The van der Waals surface area contributed by atoms with E-state index in [4.69, 9.17) is 4.74 Å². The zero-order chi connectivity index (χ0) is 15.3. The Morgan fingerprint density at radius 1 is 1.14 bits per heavy atom. The van der Waals surface area contributed by atoms with Gasteiger partial charge in [0.1, 0.15) is 12.4 Å². The highest BCUT2D eigenvalue weighted by molar-refractivity contribution is 5.31. The Hall–Kier alpha value is -1.02. The van der Waals surface area contributed by atoms with Gasteiger partial charge >= 0.3 is 0 Å². The molecule has 0 spiro atoms. The quantitative estimate of drug-likeness (QED) is 0.783. The molecule has 0 N–H and O–H groups in total. The summed E-state index contributed by atoms with van der Waals surface area (Å²) in [6, 6.07) is 9.35. The van der Waals surface area contributed by atoms with E-state index in [-0.39, 0.29) is 5.41 Å². The molecule has 2 nitrogen and oxygen atoms in total. The SMILES string of the molecule is CCC1CCCCN1CCOc1ccc(C(C)(C)C)cc1.